The number of ether oxygens (including phenoxy) is 1. The summed E-state index contributed by atoms with van der Waals surface area (Å²) in [5.74, 6) is 2.96. The van der Waals surface area contributed by atoms with Crippen LogP contribution in [-0.4, -0.2) is 29.8 Å². The van der Waals surface area contributed by atoms with Gasteiger partial charge in [-0.05, 0) is 58.0 Å². The lowest BCUT2D eigenvalue weighted by Crippen LogP contribution is -2.11. The van der Waals surface area contributed by atoms with Crippen LogP contribution < -0.4 is 4.74 Å². The standard InChI is InChI=1S/C13H19BrO2S/c1-3-17-7-6-11(15)8-10-4-5-13(16-2)12(14)9-10/h4-5,9,11,15H,3,6-8H2,1-2H3. The first-order chi connectivity index (χ1) is 8.17. The molecule has 2 nitrogen and oxygen atoms in total. The number of aliphatic hydroxyl groups excluding tert-OH is 1. The molecule has 0 bridgehead atoms. The molecule has 1 N–H and O–H groups in total. The van der Waals surface area contributed by atoms with Gasteiger partial charge < -0.3 is 9.84 Å². The van der Waals surface area contributed by atoms with Crippen molar-refractivity contribution in [3.8, 4) is 5.75 Å². The SMILES string of the molecule is CCSCCC(O)Cc1ccc(OC)c(Br)c1. The van der Waals surface area contributed by atoms with E-state index in [9.17, 15) is 5.11 Å². The van der Waals surface area contributed by atoms with E-state index in [1.54, 1.807) is 7.11 Å². The van der Waals surface area contributed by atoms with Crippen molar-refractivity contribution >= 4 is 27.7 Å². The van der Waals surface area contributed by atoms with E-state index in [0.29, 0.717) is 6.42 Å². The summed E-state index contributed by atoms with van der Waals surface area (Å²) in [6.07, 6.45) is 1.30. The van der Waals surface area contributed by atoms with Crippen LogP contribution in [0.25, 0.3) is 0 Å². The normalized spacial score (nSPS) is 12.5. The van der Waals surface area contributed by atoms with E-state index < -0.39 is 0 Å². The van der Waals surface area contributed by atoms with Crippen LogP contribution in [0.5, 0.6) is 5.75 Å². The molecule has 0 radical (unpaired) electrons. The first-order valence-electron chi connectivity index (χ1n) is 5.75. The maximum absolute atomic E-state index is 9.89. The fourth-order valence-electron chi connectivity index (χ4n) is 1.57. The van der Waals surface area contributed by atoms with Crippen molar-refractivity contribution in [1.29, 1.82) is 0 Å². The summed E-state index contributed by atoms with van der Waals surface area (Å²) in [5.41, 5.74) is 1.13. The molecule has 1 aromatic carbocycles. The van der Waals surface area contributed by atoms with Crippen molar-refractivity contribution in [1.82, 2.24) is 0 Å². The van der Waals surface area contributed by atoms with Gasteiger partial charge in [0.2, 0.25) is 0 Å². The molecule has 0 aliphatic heterocycles. The molecular weight excluding hydrogens is 300 g/mol. The van der Waals surface area contributed by atoms with Gasteiger partial charge in [-0.2, -0.15) is 11.8 Å². The van der Waals surface area contributed by atoms with E-state index in [2.05, 4.69) is 22.9 Å². The van der Waals surface area contributed by atoms with E-state index in [4.69, 9.17) is 4.74 Å². The van der Waals surface area contributed by atoms with Gasteiger partial charge in [0, 0.05) is 0 Å². The van der Waals surface area contributed by atoms with Gasteiger partial charge in [0.25, 0.3) is 0 Å². The van der Waals surface area contributed by atoms with Crippen LogP contribution in [0, 0.1) is 0 Å². The highest BCUT2D eigenvalue weighted by Gasteiger charge is 2.07. The minimum Gasteiger partial charge on any atom is -0.496 e. The molecule has 17 heavy (non-hydrogen) atoms. The molecule has 0 saturated carbocycles. The fraction of sp³-hybridized carbons (Fsp3) is 0.538. The third-order valence-electron chi connectivity index (χ3n) is 2.49. The molecule has 0 spiro atoms. The monoisotopic (exact) mass is 318 g/mol. The molecular formula is C13H19BrO2S. The lowest BCUT2D eigenvalue weighted by Gasteiger charge is -2.11. The number of hydrogen-bond donors (Lipinski definition) is 1. The summed E-state index contributed by atoms with van der Waals surface area (Å²) in [6.45, 7) is 2.14. The van der Waals surface area contributed by atoms with Crippen LogP contribution in [0.3, 0.4) is 0 Å². The van der Waals surface area contributed by atoms with Crippen LogP contribution in [0.2, 0.25) is 0 Å². The van der Waals surface area contributed by atoms with Gasteiger partial charge >= 0.3 is 0 Å². The molecule has 1 atom stereocenters. The average Bonchev–Trinajstić information content (AvgIpc) is 2.29. The topological polar surface area (TPSA) is 29.5 Å². The fourth-order valence-corrected chi connectivity index (χ4v) is 2.89. The zero-order chi connectivity index (χ0) is 12.7. The van der Waals surface area contributed by atoms with Crippen molar-refractivity contribution in [3.63, 3.8) is 0 Å². The molecule has 0 saturated heterocycles. The molecule has 0 aromatic heterocycles. The maximum Gasteiger partial charge on any atom is 0.133 e. The molecule has 1 unspecified atom stereocenters. The molecule has 0 amide bonds. The Kier molecular flexibility index (Phi) is 7.00. The van der Waals surface area contributed by atoms with Crippen molar-refractivity contribution in [2.24, 2.45) is 0 Å². The second kappa shape index (κ2) is 8.01. The summed E-state index contributed by atoms with van der Waals surface area (Å²) in [5, 5.41) is 9.89. The predicted octanol–water partition coefficient (Wildman–Crippen LogP) is 3.50. The summed E-state index contributed by atoms with van der Waals surface area (Å²) in [6, 6.07) is 5.93. The first kappa shape index (κ1) is 14.9. The van der Waals surface area contributed by atoms with Crippen LogP contribution in [0.4, 0.5) is 0 Å². The summed E-state index contributed by atoms with van der Waals surface area (Å²) < 4.78 is 6.11. The zero-order valence-corrected chi connectivity index (χ0v) is 12.7. The Balaban J connectivity index is 2.48. The van der Waals surface area contributed by atoms with Gasteiger partial charge in [-0.3, -0.25) is 0 Å². The van der Waals surface area contributed by atoms with Crippen molar-refractivity contribution in [3.05, 3.63) is 28.2 Å². The smallest absolute Gasteiger partial charge is 0.133 e. The molecule has 0 fully saturated rings. The maximum atomic E-state index is 9.89. The van der Waals surface area contributed by atoms with Crippen molar-refractivity contribution < 1.29 is 9.84 Å². The number of halogens is 1. The highest BCUT2D eigenvalue weighted by molar-refractivity contribution is 9.10. The average molecular weight is 319 g/mol. The lowest BCUT2D eigenvalue weighted by atomic mass is 10.1. The van der Waals surface area contributed by atoms with Gasteiger partial charge in [0.05, 0.1) is 17.7 Å². The highest BCUT2D eigenvalue weighted by Crippen LogP contribution is 2.26. The Morgan fingerprint density at radius 2 is 2.24 bits per heavy atom. The van der Waals surface area contributed by atoms with E-state index >= 15 is 0 Å². The van der Waals surface area contributed by atoms with Gasteiger partial charge in [0.15, 0.2) is 0 Å². The lowest BCUT2D eigenvalue weighted by molar-refractivity contribution is 0.172. The van der Waals surface area contributed by atoms with Gasteiger partial charge in [-0.25, -0.2) is 0 Å². The largest absolute Gasteiger partial charge is 0.496 e. The number of rotatable bonds is 7. The number of methoxy groups -OCH3 is 1. The molecule has 1 aromatic rings. The van der Waals surface area contributed by atoms with E-state index in [1.807, 2.05) is 30.0 Å². The number of aliphatic hydroxyl groups is 1. The first-order valence-corrected chi connectivity index (χ1v) is 7.70. The van der Waals surface area contributed by atoms with E-state index in [0.717, 1.165) is 33.7 Å². The van der Waals surface area contributed by atoms with E-state index in [-0.39, 0.29) is 6.10 Å². The van der Waals surface area contributed by atoms with Crippen LogP contribution in [0.15, 0.2) is 22.7 Å². The van der Waals surface area contributed by atoms with Gasteiger partial charge in [-0.1, -0.05) is 13.0 Å². The Labute approximate surface area is 116 Å². The number of benzene rings is 1. The zero-order valence-electron chi connectivity index (χ0n) is 10.3. The quantitative estimate of drug-likeness (QED) is 0.780. The molecule has 0 heterocycles. The number of hydrogen-bond acceptors (Lipinski definition) is 3. The van der Waals surface area contributed by atoms with Gasteiger partial charge in [-0.15, -0.1) is 0 Å². The number of thioether (sulfide) groups is 1. The van der Waals surface area contributed by atoms with Crippen LogP contribution in [-0.2, 0) is 6.42 Å². The summed E-state index contributed by atoms with van der Waals surface area (Å²) >= 11 is 5.32. The minimum absolute atomic E-state index is 0.255. The third-order valence-corrected chi connectivity index (χ3v) is 4.04. The Bertz CT molecular complexity index is 344. The molecule has 1 rings (SSSR count). The Morgan fingerprint density at radius 1 is 1.47 bits per heavy atom. The second-order valence-corrected chi connectivity index (χ2v) is 6.06. The Morgan fingerprint density at radius 3 is 2.82 bits per heavy atom. The van der Waals surface area contributed by atoms with Crippen molar-refractivity contribution in [2.75, 3.05) is 18.6 Å². The Hall–Kier alpha value is -0.190. The van der Waals surface area contributed by atoms with Crippen LogP contribution in [0.1, 0.15) is 18.9 Å². The third kappa shape index (κ3) is 5.32. The molecule has 0 aliphatic carbocycles. The summed E-state index contributed by atoms with van der Waals surface area (Å²) in [4.78, 5) is 0. The highest BCUT2D eigenvalue weighted by atomic mass is 79.9. The predicted molar refractivity (Wildman–Crippen MR) is 78.0 cm³/mol. The van der Waals surface area contributed by atoms with Crippen molar-refractivity contribution in [2.45, 2.75) is 25.9 Å². The molecule has 4 heteroatoms. The summed E-state index contributed by atoms with van der Waals surface area (Å²) in [7, 11) is 1.65. The van der Waals surface area contributed by atoms with Gasteiger partial charge in [0.1, 0.15) is 5.75 Å². The van der Waals surface area contributed by atoms with Crippen LogP contribution >= 0.6 is 27.7 Å². The minimum atomic E-state index is -0.255. The van der Waals surface area contributed by atoms with E-state index in [1.165, 1.54) is 0 Å². The molecule has 96 valence electrons. The molecule has 0 aliphatic rings. The second-order valence-electron chi connectivity index (χ2n) is 3.81.